The Hall–Kier alpha value is -0.770. The molecule has 1 nitrogen and oxygen atoms in total. The molecular weight excluding hydrogens is 242 g/mol. The van der Waals surface area contributed by atoms with E-state index in [4.69, 9.17) is 4.74 Å². The maximum absolute atomic E-state index is 12.9. The molecule has 1 atom stereocenters. The van der Waals surface area contributed by atoms with Crippen molar-refractivity contribution < 1.29 is 13.5 Å². The molecule has 0 spiro atoms. The van der Waals surface area contributed by atoms with Crippen LogP contribution in [-0.4, -0.2) is 12.4 Å². The number of benzene rings is 1. The molecule has 4 heteroatoms. The predicted octanol–water partition coefficient (Wildman–Crippen LogP) is 3.94. The highest BCUT2D eigenvalue weighted by Crippen LogP contribution is 2.28. The highest BCUT2D eigenvalue weighted by Gasteiger charge is 2.24. The lowest BCUT2D eigenvalue weighted by Gasteiger charge is -2.29. The van der Waals surface area contributed by atoms with Gasteiger partial charge in [-0.2, -0.15) is 12.6 Å². The van der Waals surface area contributed by atoms with Crippen molar-refractivity contribution in [2.24, 2.45) is 11.3 Å². The first-order chi connectivity index (χ1) is 7.82. The first-order valence-corrected chi connectivity index (χ1v) is 6.16. The van der Waals surface area contributed by atoms with E-state index in [1.165, 1.54) is 12.1 Å². The van der Waals surface area contributed by atoms with E-state index in [-0.39, 0.29) is 17.1 Å². The Morgan fingerprint density at radius 1 is 1.18 bits per heavy atom. The smallest absolute Gasteiger partial charge is 0.129 e. The lowest BCUT2D eigenvalue weighted by Crippen LogP contribution is -2.28. The van der Waals surface area contributed by atoms with Crippen molar-refractivity contribution in [3.8, 4) is 5.75 Å². The molecule has 17 heavy (non-hydrogen) atoms. The van der Waals surface area contributed by atoms with Crippen molar-refractivity contribution in [3.63, 3.8) is 0 Å². The zero-order chi connectivity index (χ0) is 13.1. The van der Waals surface area contributed by atoms with Crippen molar-refractivity contribution in [3.05, 3.63) is 29.8 Å². The van der Waals surface area contributed by atoms with Crippen LogP contribution in [0.5, 0.6) is 5.75 Å². The molecular formula is C13H18F2OS. The topological polar surface area (TPSA) is 9.23 Å². The van der Waals surface area contributed by atoms with Crippen LogP contribution in [0.2, 0.25) is 0 Å². The van der Waals surface area contributed by atoms with Gasteiger partial charge in [0.25, 0.3) is 0 Å². The normalized spacial score (nSPS) is 13.5. The second-order valence-electron chi connectivity index (χ2n) is 5.16. The summed E-state index contributed by atoms with van der Waals surface area (Å²) in [6, 6.07) is 3.19. The molecule has 1 unspecified atom stereocenters. The van der Waals surface area contributed by atoms with Gasteiger partial charge in [-0.25, -0.2) is 8.78 Å². The fourth-order valence-corrected chi connectivity index (χ4v) is 2.04. The average Bonchev–Trinajstić information content (AvgIpc) is 2.14. The molecule has 0 bridgehead atoms. The second-order valence-corrected chi connectivity index (χ2v) is 5.53. The van der Waals surface area contributed by atoms with Gasteiger partial charge >= 0.3 is 0 Å². The van der Waals surface area contributed by atoms with E-state index in [0.29, 0.717) is 12.4 Å². The maximum Gasteiger partial charge on any atom is 0.129 e. The Bertz CT molecular complexity index is 354. The van der Waals surface area contributed by atoms with E-state index < -0.39 is 11.6 Å². The van der Waals surface area contributed by atoms with Gasteiger partial charge in [0, 0.05) is 24.1 Å². The molecule has 0 aromatic heterocycles. The molecule has 0 saturated carbocycles. The van der Waals surface area contributed by atoms with Crippen molar-refractivity contribution in [1.82, 2.24) is 0 Å². The van der Waals surface area contributed by atoms with E-state index in [0.717, 1.165) is 6.07 Å². The number of rotatable bonds is 4. The fraction of sp³-hybridized carbons (Fsp3) is 0.538. The van der Waals surface area contributed by atoms with Crippen LogP contribution in [0.25, 0.3) is 0 Å². The van der Waals surface area contributed by atoms with Gasteiger partial charge in [-0.05, 0) is 11.2 Å². The number of ether oxygens (including phenoxy) is 1. The Kier molecular flexibility index (Phi) is 4.80. The largest absolute Gasteiger partial charge is 0.493 e. The number of halogens is 2. The molecule has 0 radical (unpaired) electrons. The van der Waals surface area contributed by atoms with Crippen LogP contribution in [0.4, 0.5) is 8.78 Å². The molecule has 0 aliphatic heterocycles. The molecule has 0 amide bonds. The number of hydrogen-bond donors (Lipinski definition) is 1. The second kappa shape index (κ2) is 5.71. The summed E-state index contributed by atoms with van der Waals surface area (Å²) in [4.78, 5) is 0. The SMILES string of the molecule is CC(C)(C)C(CS)COc1cc(F)cc(F)c1. The number of hydrogen-bond acceptors (Lipinski definition) is 2. The summed E-state index contributed by atoms with van der Waals surface area (Å²) in [7, 11) is 0. The van der Waals surface area contributed by atoms with Crippen LogP contribution in [-0.2, 0) is 0 Å². The Labute approximate surface area is 107 Å². The van der Waals surface area contributed by atoms with Gasteiger partial charge in [0.2, 0.25) is 0 Å². The van der Waals surface area contributed by atoms with E-state index in [1.807, 2.05) is 0 Å². The summed E-state index contributed by atoms with van der Waals surface area (Å²) in [5.41, 5.74) is 0.0492. The van der Waals surface area contributed by atoms with E-state index >= 15 is 0 Å². The zero-order valence-electron chi connectivity index (χ0n) is 10.3. The third-order valence-corrected chi connectivity index (χ3v) is 3.17. The molecule has 0 heterocycles. The molecule has 0 aliphatic carbocycles. The summed E-state index contributed by atoms with van der Waals surface area (Å²) in [6.45, 7) is 6.66. The van der Waals surface area contributed by atoms with Crippen molar-refractivity contribution in [1.29, 1.82) is 0 Å². The van der Waals surface area contributed by atoms with Crippen LogP contribution in [0, 0.1) is 23.0 Å². The summed E-state index contributed by atoms with van der Waals surface area (Å²) < 4.78 is 31.3. The van der Waals surface area contributed by atoms with Crippen molar-refractivity contribution in [2.75, 3.05) is 12.4 Å². The lowest BCUT2D eigenvalue weighted by molar-refractivity contribution is 0.164. The number of thiol groups is 1. The van der Waals surface area contributed by atoms with Crippen LogP contribution < -0.4 is 4.74 Å². The molecule has 0 aliphatic rings. The molecule has 1 aromatic rings. The van der Waals surface area contributed by atoms with Crippen LogP contribution in [0.1, 0.15) is 20.8 Å². The highest BCUT2D eigenvalue weighted by atomic mass is 32.1. The summed E-state index contributed by atoms with van der Waals surface area (Å²) >= 11 is 4.27. The third kappa shape index (κ3) is 4.54. The van der Waals surface area contributed by atoms with Gasteiger partial charge in [0.05, 0.1) is 6.61 Å². The van der Waals surface area contributed by atoms with Crippen LogP contribution in [0.3, 0.4) is 0 Å². The molecule has 0 fully saturated rings. The quantitative estimate of drug-likeness (QED) is 0.807. The van der Waals surface area contributed by atoms with Gasteiger partial charge in [-0.15, -0.1) is 0 Å². The summed E-state index contributed by atoms with van der Waals surface area (Å²) in [6.07, 6.45) is 0. The predicted molar refractivity (Wildman–Crippen MR) is 68.7 cm³/mol. The Balaban J connectivity index is 2.66. The fourth-order valence-electron chi connectivity index (χ4n) is 1.39. The van der Waals surface area contributed by atoms with Crippen LogP contribution in [0.15, 0.2) is 18.2 Å². The Morgan fingerprint density at radius 2 is 1.71 bits per heavy atom. The lowest BCUT2D eigenvalue weighted by atomic mass is 9.82. The third-order valence-electron chi connectivity index (χ3n) is 2.73. The summed E-state index contributed by atoms with van der Waals surface area (Å²) in [5, 5.41) is 0. The highest BCUT2D eigenvalue weighted by molar-refractivity contribution is 7.80. The molecule has 0 N–H and O–H groups in total. The van der Waals surface area contributed by atoms with E-state index in [9.17, 15) is 8.78 Å². The van der Waals surface area contributed by atoms with Gasteiger partial charge in [-0.1, -0.05) is 20.8 Å². The van der Waals surface area contributed by atoms with E-state index in [2.05, 4.69) is 33.4 Å². The van der Waals surface area contributed by atoms with Gasteiger partial charge < -0.3 is 4.74 Å². The molecule has 1 aromatic carbocycles. The van der Waals surface area contributed by atoms with Gasteiger partial charge in [-0.3, -0.25) is 0 Å². The molecule has 1 rings (SSSR count). The van der Waals surface area contributed by atoms with Crippen molar-refractivity contribution in [2.45, 2.75) is 20.8 Å². The van der Waals surface area contributed by atoms with Crippen molar-refractivity contribution >= 4 is 12.6 Å². The monoisotopic (exact) mass is 260 g/mol. The molecule has 96 valence electrons. The van der Waals surface area contributed by atoms with Crippen LogP contribution >= 0.6 is 12.6 Å². The summed E-state index contributed by atoms with van der Waals surface area (Å²) in [5.74, 6) is -0.145. The van der Waals surface area contributed by atoms with E-state index in [1.54, 1.807) is 0 Å². The standard InChI is InChI=1S/C13H18F2OS/c1-13(2,3)9(8-17)7-16-12-5-10(14)4-11(15)6-12/h4-6,9,17H,7-8H2,1-3H3. The first-order valence-electron chi connectivity index (χ1n) is 5.52. The average molecular weight is 260 g/mol. The minimum absolute atomic E-state index is 0.0492. The van der Waals surface area contributed by atoms with Gasteiger partial charge in [0.1, 0.15) is 17.4 Å². The molecule has 0 saturated heterocycles. The maximum atomic E-state index is 12.9. The zero-order valence-corrected chi connectivity index (χ0v) is 11.2. The Morgan fingerprint density at radius 3 is 2.12 bits per heavy atom. The van der Waals surface area contributed by atoms with Gasteiger partial charge in [0.15, 0.2) is 0 Å². The minimum atomic E-state index is -0.627. The first kappa shape index (κ1) is 14.3. The minimum Gasteiger partial charge on any atom is -0.493 e.